The lowest BCUT2D eigenvalue weighted by atomic mass is 10.1. The Morgan fingerprint density at radius 3 is 2.69 bits per heavy atom. The van der Waals surface area contributed by atoms with Gasteiger partial charge in [0.15, 0.2) is 0 Å². The third-order valence-corrected chi connectivity index (χ3v) is 1.07. The van der Waals surface area contributed by atoms with Crippen LogP contribution in [0.5, 0.6) is 0 Å². The monoisotopic (exact) mass is 184 g/mol. The van der Waals surface area contributed by atoms with E-state index in [9.17, 15) is 4.79 Å². The number of rotatable bonds is 1. The van der Waals surface area contributed by atoms with Crippen LogP contribution >= 0.6 is 0 Å². The maximum Gasteiger partial charge on any atom is 0.323 e. The van der Waals surface area contributed by atoms with Crippen molar-refractivity contribution in [2.24, 2.45) is 0 Å². The Morgan fingerprint density at radius 2 is 2.23 bits per heavy atom. The first-order chi connectivity index (χ1) is 5.97. The van der Waals surface area contributed by atoms with Gasteiger partial charge < -0.3 is 9.73 Å². The minimum atomic E-state index is -0.364. The van der Waals surface area contributed by atoms with Crippen molar-refractivity contribution >= 4 is 12.0 Å². The average Bonchev–Trinajstić information content (AvgIpc) is 2.34. The summed E-state index contributed by atoms with van der Waals surface area (Å²) in [6.45, 7) is 5.63. The largest absolute Gasteiger partial charge is 0.411 e. The molecule has 0 saturated heterocycles. The van der Waals surface area contributed by atoms with Crippen molar-refractivity contribution < 1.29 is 9.21 Å². The Hall–Kier alpha value is -1.59. The van der Waals surface area contributed by atoms with E-state index in [1.54, 1.807) is 0 Å². The summed E-state index contributed by atoms with van der Waals surface area (Å²) in [6.07, 6.45) is 1.15. The molecule has 0 fully saturated rings. The minimum Gasteiger partial charge on any atom is -0.411 e. The molecule has 0 atom stereocenters. The van der Waals surface area contributed by atoms with Crippen LogP contribution in [0.1, 0.15) is 20.8 Å². The molecular weight excluding hydrogens is 172 g/mol. The van der Waals surface area contributed by atoms with Crippen molar-refractivity contribution in [3.8, 4) is 0 Å². The lowest BCUT2D eigenvalue weighted by Gasteiger charge is -2.19. The quantitative estimate of drug-likeness (QED) is 0.682. The number of hydrogen-bond donors (Lipinski definition) is 2. The lowest BCUT2D eigenvalue weighted by Crippen LogP contribution is -2.43. The van der Waals surface area contributed by atoms with Gasteiger partial charge in [-0.15, -0.1) is 5.10 Å². The van der Waals surface area contributed by atoms with E-state index in [0.717, 1.165) is 6.39 Å². The molecule has 1 heterocycles. The van der Waals surface area contributed by atoms with Crippen molar-refractivity contribution in [3.05, 3.63) is 6.39 Å². The van der Waals surface area contributed by atoms with Crippen molar-refractivity contribution in [1.29, 1.82) is 0 Å². The molecule has 0 saturated carbocycles. The van der Waals surface area contributed by atoms with Gasteiger partial charge in [-0.1, -0.05) is 5.10 Å². The summed E-state index contributed by atoms with van der Waals surface area (Å²) < 4.78 is 4.72. The van der Waals surface area contributed by atoms with Crippen LogP contribution < -0.4 is 10.6 Å². The standard InChI is InChI=1S/C7H12N4O2/c1-7(2,3)10-5(12)9-6-11-8-4-13-6/h4H,1-3H3,(H2,9,10,11,12). The highest BCUT2D eigenvalue weighted by atomic mass is 16.4. The number of nitrogens with zero attached hydrogens (tertiary/aromatic N) is 2. The number of carbonyl (C=O) groups excluding carboxylic acids is 1. The molecule has 6 heteroatoms. The van der Waals surface area contributed by atoms with Gasteiger partial charge in [-0.2, -0.15) is 0 Å². The fourth-order valence-corrected chi connectivity index (χ4v) is 0.696. The molecule has 0 bridgehead atoms. The minimum absolute atomic E-state index is 0.0850. The van der Waals surface area contributed by atoms with Crippen LogP contribution in [0, 0.1) is 0 Å². The van der Waals surface area contributed by atoms with Crippen LogP contribution in [0.4, 0.5) is 10.8 Å². The van der Waals surface area contributed by atoms with E-state index in [1.807, 2.05) is 20.8 Å². The summed E-state index contributed by atoms with van der Waals surface area (Å²) in [4.78, 5) is 11.2. The summed E-state index contributed by atoms with van der Waals surface area (Å²) in [7, 11) is 0. The summed E-state index contributed by atoms with van der Waals surface area (Å²) >= 11 is 0. The molecule has 0 radical (unpaired) electrons. The smallest absolute Gasteiger partial charge is 0.323 e. The van der Waals surface area contributed by atoms with Gasteiger partial charge in [0, 0.05) is 5.54 Å². The van der Waals surface area contributed by atoms with E-state index in [1.165, 1.54) is 0 Å². The Kier molecular flexibility index (Phi) is 2.50. The van der Waals surface area contributed by atoms with Crippen LogP contribution in [-0.2, 0) is 0 Å². The van der Waals surface area contributed by atoms with Gasteiger partial charge in [0.25, 0.3) is 0 Å². The number of anilines is 1. The second kappa shape index (κ2) is 3.42. The molecule has 0 aliphatic heterocycles. The molecule has 1 rings (SSSR count). The third kappa shape index (κ3) is 3.55. The second-order valence-electron chi connectivity index (χ2n) is 3.57. The average molecular weight is 184 g/mol. The Balaban J connectivity index is 2.43. The zero-order valence-electron chi connectivity index (χ0n) is 7.79. The Morgan fingerprint density at radius 1 is 1.54 bits per heavy atom. The van der Waals surface area contributed by atoms with Crippen LogP contribution in [0.25, 0.3) is 0 Å². The molecular formula is C7H12N4O2. The van der Waals surface area contributed by atoms with Gasteiger partial charge in [0.05, 0.1) is 0 Å². The van der Waals surface area contributed by atoms with Gasteiger partial charge in [-0.05, 0) is 20.8 Å². The lowest BCUT2D eigenvalue weighted by molar-refractivity contribution is 0.243. The van der Waals surface area contributed by atoms with Crippen molar-refractivity contribution in [3.63, 3.8) is 0 Å². The molecule has 0 aliphatic rings. The molecule has 0 aromatic carbocycles. The highest BCUT2D eigenvalue weighted by Gasteiger charge is 2.14. The highest BCUT2D eigenvalue weighted by Crippen LogP contribution is 2.01. The summed E-state index contributed by atoms with van der Waals surface area (Å²) in [5.41, 5.74) is -0.288. The first kappa shape index (κ1) is 9.50. The topological polar surface area (TPSA) is 80.0 Å². The molecule has 1 aromatic rings. The summed E-state index contributed by atoms with van der Waals surface area (Å²) in [5.74, 6) is 0. The summed E-state index contributed by atoms with van der Waals surface area (Å²) in [6, 6.07) is -0.279. The van der Waals surface area contributed by atoms with Gasteiger partial charge in [-0.25, -0.2) is 4.79 Å². The Labute approximate surface area is 75.7 Å². The van der Waals surface area contributed by atoms with Crippen LogP contribution in [0.2, 0.25) is 0 Å². The molecule has 1 aromatic heterocycles. The molecule has 0 unspecified atom stereocenters. The molecule has 72 valence electrons. The first-order valence-electron chi connectivity index (χ1n) is 3.83. The van der Waals surface area contributed by atoms with E-state index < -0.39 is 0 Å². The van der Waals surface area contributed by atoms with Crippen LogP contribution in [0.15, 0.2) is 10.8 Å². The number of nitrogens with one attached hydrogen (secondary N) is 2. The van der Waals surface area contributed by atoms with Gasteiger partial charge in [0.1, 0.15) is 0 Å². The van der Waals surface area contributed by atoms with E-state index in [4.69, 9.17) is 4.42 Å². The SMILES string of the molecule is CC(C)(C)NC(=O)Nc1nnco1. The third-order valence-electron chi connectivity index (χ3n) is 1.07. The molecule has 2 N–H and O–H groups in total. The Bertz CT molecular complexity index is 275. The molecule has 0 aliphatic carbocycles. The maximum absolute atomic E-state index is 11.2. The highest BCUT2D eigenvalue weighted by molar-refractivity contribution is 5.87. The number of amides is 2. The van der Waals surface area contributed by atoms with E-state index in [2.05, 4.69) is 20.8 Å². The van der Waals surface area contributed by atoms with Crippen LogP contribution in [-0.4, -0.2) is 21.8 Å². The molecule has 6 nitrogen and oxygen atoms in total. The predicted molar refractivity (Wildman–Crippen MR) is 46.2 cm³/mol. The predicted octanol–water partition coefficient (Wildman–Crippen LogP) is 0.990. The number of aromatic nitrogens is 2. The van der Waals surface area contributed by atoms with E-state index >= 15 is 0 Å². The number of urea groups is 1. The zero-order chi connectivity index (χ0) is 9.90. The van der Waals surface area contributed by atoms with Gasteiger partial charge >= 0.3 is 12.0 Å². The van der Waals surface area contributed by atoms with E-state index in [-0.39, 0.29) is 17.6 Å². The van der Waals surface area contributed by atoms with Gasteiger partial charge in [-0.3, -0.25) is 5.32 Å². The fourth-order valence-electron chi connectivity index (χ4n) is 0.696. The first-order valence-corrected chi connectivity index (χ1v) is 3.83. The normalized spacial score (nSPS) is 11.0. The number of hydrogen-bond acceptors (Lipinski definition) is 4. The molecule has 13 heavy (non-hydrogen) atoms. The molecule has 0 spiro atoms. The second-order valence-corrected chi connectivity index (χ2v) is 3.57. The number of carbonyl (C=O) groups is 1. The van der Waals surface area contributed by atoms with Gasteiger partial charge in [0.2, 0.25) is 6.39 Å². The van der Waals surface area contributed by atoms with Crippen molar-refractivity contribution in [2.75, 3.05) is 5.32 Å². The summed E-state index contributed by atoms with van der Waals surface area (Å²) in [5, 5.41) is 12.0. The van der Waals surface area contributed by atoms with Crippen molar-refractivity contribution in [1.82, 2.24) is 15.5 Å². The zero-order valence-corrected chi connectivity index (χ0v) is 7.79. The maximum atomic E-state index is 11.2. The van der Waals surface area contributed by atoms with Crippen LogP contribution in [0.3, 0.4) is 0 Å². The van der Waals surface area contributed by atoms with E-state index in [0.29, 0.717) is 0 Å². The molecule has 2 amide bonds. The van der Waals surface area contributed by atoms with Crippen molar-refractivity contribution in [2.45, 2.75) is 26.3 Å². The fraction of sp³-hybridized carbons (Fsp3) is 0.571.